The number of hydrogen-bond donors (Lipinski definition) is 0. The summed E-state index contributed by atoms with van der Waals surface area (Å²) in [4.78, 5) is 18.5. The van der Waals surface area contributed by atoms with Crippen molar-refractivity contribution < 1.29 is 9.26 Å². The summed E-state index contributed by atoms with van der Waals surface area (Å²) < 4.78 is 11.2. The lowest BCUT2D eigenvalue weighted by Crippen LogP contribution is -2.48. The van der Waals surface area contributed by atoms with E-state index < -0.39 is 0 Å². The minimum Gasteiger partial charge on any atom is -0.497 e. The van der Waals surface area contributed by atoms with E-state index in [0.29, 0.717) is 5.92 Å². The van der Waals surface area contributed by atoms with E-state index >= 15 is 0 Å². The van der Waals surface area contributed by atoms with E-state index in [1.165, 1.54) is 11.1 Å². The van der Waals surface area contributed by atoms with Gasteiger partial charge in [-0.3, -0.25) is 0 Å². The molecule has 7 nitrogen and oxygen atoms in total. The van der Waals surface area contributed by atoms with Crippen LogP contribution in [0.5, 0.6) is 5.75 Å². The van der Waals surface area contributed by atoms with Gasteiger partial charge in [-0.05, 0) is 49.8 Å². The highest BCUT2D eigenvalue weighted by atomic mass is 16.5. The maximum atomic E-state index is 5.72. The quantitative estimate of drug-likeness (QED) is 0.466. The summed E-state index contributed by atoms with van der Waals surface area (Å²) in [5.41, 5.74) is 6.24. The highest BCUT2D eigenvalue weighted by Gasteiger charge is 2.54. The first-order valence-corrected chi connectivity index (χ1v) is 11.3. The molecule has 6 rings (SSSR count). The van der Waals surface area contributed by atoms with Crippen molar-refractivity contribution in [2.75, 3.05) is 7.11 Å². The molecule has 3 atom stereocenters. The summed E-state index contributed by atoms with van der Waals surface area (Å²) in [6.07, 6.45) is 9.80. The molecule has 3 heterocycles. The first kappa shape index (κ1) is 20.0. The predicted molar refractivity (Wildman–Crippen MR) is 122 cm³/mol. The fraction of sp³-hybridized carbons (Fsp3) is 0.346. The number of rotatable bonds is 3. The second-order valence-electron chi connectivity index (χ2n) is 9.10. The second kappa shape index (κ2) is 7.47. The largest absolute Gasteiger partial charge is 0.497 e. The van der Waals surface area contributed by atoms with E-state index in [-0.39, 0.29) is 11.3 Å². The molecule has 2 aliphatic carbocycles. The molecule has 33 heavy (non-hydrogen) atoms. The van der Waals surface area contributed by atoms with Gasteiger partial charge in [0.05, 0.1) is 24.7 Å². The monoisotopic (exact) mass is 439 g/mol. The van der Waals surface area contributed by atoms with E-state index in [2.05, 4.69) is 34.2 Å². The Bertz CT molecular complexity index is 1320. The molecule has 7 heteroatoms. The molecule has 0 bridgehead atoms. The minimum absolute atomic E-state index is 0.227. The molecule has 166 valence electrons. The summed E-state index contributed by atoms with van der Waals surface area (Å²) in [5.74, 6) is 3.16. The molecular formula is C26H25N5O2. The van der Waals surface area contributed by atoms with Crippen LogP contribution in [0.3, 0.4) is 0 Å². The Labute approximate surface area is 192 Å². The van der Waals surface area contributed by atoms with E-state index in [1.807, 2.05) is 37.6 Å². The third kappa shape index (κ3) is 2.91. The number of methoxy groups -OCH3 is 1. The number of benzene rings is 1. The molecule has 0 spiro atoms. The normalized spacial score (nSPS) is 23.4. The van der Waals surface area contributed by atoms with Crippen LogP contribution in [-0.2, 0) is 18.3 Å². The molecule has 0 amide bonds. The van der Waals surface area contributed by atoms with Crippen LogP contribution in [0.4, 0.5) is 0 Å². The Kier molecular flexibility index (Phi) is 4.54. The summed E-state index contributed by atoms with van der Waals surface area (Å²) in [6.45, 7) is 4.23. The van der Waals surface area contributed by atoms with Crippen LogP contribution < -0.4 is 4.74 Å². The first-order valence-electron chi connectivity index (χ1n) is 11.3. The van der Waals surface area contributed by atoms with Crippen molar-refractivity contribution in [3.05, 3.63) is 83.2 Å². The highest BCUT2D eigenvalue weighted by molar-refractivity contribution is 5.65. The smallest absolute Gasteiger partial charge is 0.143 e. The van der Waals surface area contributed by atoms with Crippen molar-refractivity contribution in [2.45, 2.75) is 44.4 Å². The lowest BCUT2D eigenvalue weighted by Gasteiger charge is -2.50. The molecule has 0 radical (unpaired) electrons. The zero-order valence-corrected chi connectivity index (χ0v) is 18.9. The third-order valence-corrected chi connectivity index (χ3v) is 7.48. The highest BCUT2D eigenvalue weighted by Crippen LogP contribution is 2.57. The summed E-state index contributed by atoms with van der Waals surface area (Å²) in [5, 5.41) is 4.16. The van der Waals surface area contributed by atoms with Crippen LogP contribution in [0.2, 0.25) is 0 Å². The summed E-state index contributed by atoms with van der Waals surface area (Å²) in [6, 6.07) is 8.47. The van der Waals surface area contributed by atoms with Gasteiger partial charge in [0.15, 0.2) is 0 Å². The average Bonchev–Trinajstić information content (AvgIpc) is 3.33. The third-order valence-electron chi connectivity index (χ3n) is 7.48. The SMILES string of the molecule is COc1ccc([C@]23Cc4cnoc4[C@@H](C)[C@@H]2CCc2c(-c4cncnc4)nc(C)nc23)cc1. The number of aromatic nitrogens is 5. The topological polar surface area (TPSA) is 86.8 Å². The second-order valence-corrected chi connectivity index (χ2v) is 9.10. The lowest BCUT2D eigenvalue weighted by molar-refractivity contribution is 0.188. The van der Waals surface area contributed by atoms with Crippen LogP contribution in [0, 0.1) is 12.8 Å². The van der Waals surface area contributed by atoms with Gasteiger partial charge in [-0.15, -0.1) is 0 Å². The molecule has 0 aliphatic heterocycles. The number of fused-ring (bicyclic) bond motifs is 4. The Morgan fingerprint density at radius 2 is 1.85 bits per heavy atom. The van der Waals surface area contributed by atoms with E-state index in [4.69, 9.17) is 19.2 Å². The van der Waals surface area contributed by atoms with E-state index in [0.717, 1.165) is 59.1 Å². The Morgan fingerprint density at radius 1 is 1.06 bits per heavy atom. The zero-order valence-electron chi connectivity index (χ0n) is 18.9. The van der Waals surface area contributed by atoms with Gasteiger partial charge in [-0.2, -0.15) is 0 Å². The van der Waals surface area contributed by atoms with E-state index in [9.17, 15) is 0 Å². The fourth-order valence-electron chi connectivity index (χ4n) is 6.08. The number of aryl methyl sites for hydroxylation is 1. The van der Waals surface area contributed by atoms with Crippen molar-refractivity contribution in [2.24, 2.45) is 5.92 Å². The molecule has 4 aromatic rings. The molecule has 1 aromatic carbocycles. The number of hydrogen-bond acceptors (Lipinski definition) is 7. The molecule has 0 fully saturated rings. The van der Waals surface area contributed by atoms with Gasteiger partial charge in [0.1, 0.15) is 23.7 Å². The molecule has 2 aliphatic rings. The Morgan fingerprint density at radius 3 is 2.61 bits per heavy atom. The van der Waals surface area contributed by atoms with Gasteiger partial charge in [0, 0.05) is 40.4 Å². The average molecular weight is 440 g/mol. The molecular weight excluding hydrogens is 414 g/mol. The van der Waals surface area contributed by atoms with Crippen LogP contribution >= 0.6 is 0 Å². The Balaban J connectivity index is 1.65. The molecule has 3 aromatic heterocycles. The summed E-state index contributed by atoms with van der Waals surface area (Å²) >= 11 is 0. The molecule has 0 N–H and O–H groups in total. The van der Waals surface area contributed by atoms with Gasteiger partial charge in [0.25, 0.3) is 0 Å². The van der Waals surface area contributed by atoms with E-state index in [1.54, 1.807) is 13.4 Å². The fourth-order valence-corrected chi connectivity index (χ4v) is 6.08. The van der Waals surface area contributed by atoms with Gasteiger partial charge >= 0.3 is 0 Å². The van der Waals surface area contributed by atoms with Crippen LogP contribution in [0.25, 0.3) is 11.3 Å². The maximum Gasteiger partial charge on any atom is 0.143 e. The van der Waals surface area contributed by atoms with Crippen molar-refractivity contribution in [1.82, 2.24) is 25.1 Å². The van der Waals surface area contributed by atoms with Gasteiger partial charge in [0.2, 0.25) is 0 Å². The van der Waals surface area contributed by atoms with Crippen LogP contribution in [-0.4, -0.2) is 32.2 Å². The van der Waals surface area contributed by atoms with Gasteiger partial charge in [-0.1, -0.05) is 24.2 Å². The lowest BCUT2D eigenvalue weighted by atomic mass is 9.53. The predicted octanol–water partition coefficient (Wildman–Crippen LogP) is 4.45. The van der Waals surface area contributed by atoms with Crippen molar-refractivity contribution >= 4 is 0 Å². The van der Waals surface area contributed by atoms with Crippen LogP contribution in [0.15, 0.2) is 53.7 Å². The molecule has 0 unspecified atom stereocenters. The number of nitrogens with zero attached hydrogens (tertiary/aromatic N) is 5. The first-order chi connectivity index (χ1) is 16.1. The van der Waals surface area contributed by atoms with Gasteiger partial charge in [-0.25, -0.2) is 19.9 Å². The van der Waals surface area contributed by atoms with Crippen LogP contribution in [0.1, 0.15) is 53.2 Å². The summed E-state index contributed by atoms with van der Waals surface area (Å²) in [7, 11) is 1.70. The van der Waals surface area contributed by atoms with Crippen molar-refractivity contribution in [1.29, 1.82) is 0 Å². The maximum absolute atomic E-state index is 5.72. The number of ether oxygens (including phenoxy) is 1. The van der Waals surface area contributed by atoms with Crippen molar-refractivity contribution in [3.8, 4) is 17.0 Å². The standard InChI is InChI=1S/C26H25N5O2/c1-15-22-9-8-21-23(18-11-27-14-28-12-18)30-16(2)31-25(21)26(22,10-17-13-29-33-24(15)17)19-4-6-20(32-3)7-5-19/h4-7,11-15,22H,8-10H2,1-3H3/t15-,22-,26+/m0/s1. The Hall–Kier alpha value is -3.61. The molecule has 0 saturated carbocycles. The van der Waals surface area contributed by atoms with Gasteiger partial charge < -0.3 is 9.26 Å². The minimum atomic E-state index is -0.310. The zero-order chi connectivity index (χ0) is 22.6. The molecule has 0 saturated heterocycles. The van der Waals surface area contributed by atoms with Crippen molar-refractivity contribution in [3.63, 3.8) is 0 Å².